The summed E-state index contributed by atoms with van der Waals surface area (Å²) in [5.74, 6) is 0.899. The fraction of sp³-hybridized carbons (Fsp3) is 0.143. The number of H-pyrrole nitrogens is 1. The Kier molecular flexibility index (Phi) is 4.42. The summed E-state index contributed by atoms with van der Waals surface area (Å²) < 4.78 is 1.86. The standard InChI is InChI=1S/C21H18N6S/c1-3-8-15(9-4-1)10-7-13-19-24-25-21-27(19)26-20(28-21)18-14-17(22-23-18)16-11-5-2-6-12-16/h1-6,8-9,11-12,14H,7,10,13H2,(H,22,23). The number of fused-ring (bicyclic) bond motifs is 1. The van der Waals surface area contributed by atoms with Crippen LogP contribution in [0.15, 0.2) is 66.7 Å². The van der Waals surface area contributed by atoms with Gasteiger partial charge in [-0.2, -0.15) is 14.7 Å². The monoisotopic (exact) mass is 386 g/mol. The first-order valence-electron chi connectivity index (χ1n) is 9.23. The molecule has 0 saturated heterocycles. The zero-order valence-corrected chi connectivity index (χ0v) is 15.9. The van der Waals surface area contributed by atoms with E-state index < -0.39 is 0 Å². The van der Waals surface area contributed by atoms with Crippen LogP contribution in [-0.2, 0) is 12.8 Å². The minimum absolute atomic E-state index is 0.806. The van der Waals surface area contributed by atoms with E-state index in [1.54, 1.807) is 0 Å². The van der Waals surface area contributed by atoms with Crippen LogP contribution in [0.5, 0.6) is 0 Å². The minimum Gasteiger partial charge on any atom is -0.275 e. The predicted molar refractivity (Wildman–Crippen MR) is 110 cm³/mol. The summed E-state index contributed by atoms with van der Waals surface area (Å²) in [5.41, 5.74) is 4.22. The number of aryl methyl sites for hydroxylation is 2. The molecule has 1 N–H and O–H groups in total. The summed E-state index contributed by atoms with van der Waals surface area (Å²) in [4.78, 5) is 0.806. The highest BCUT2D eigenvalue weighted by atomic mass is 32.1. The highest BCUT2D eigenvalue weighted by Gasteiger charge is 2.15. The average Bonchev–Trinajstić information content (AvgIpc) is 3.46. The number of rotatable bonds is 6. The third kappa shape index (κ3) is 3.32. The van der Waals surface area contributed by atoms with Crippen molar-refractivity contribution in [3.05, 3.63) is 78.1 Å². The highest BCUT2D eigenvalue weighted by Crippen LogP contribution is 2.27. The maximum absolute atomic E-state index is 4.71. The molecule has 0 aliphatic heterocycles. The van der Waals surface area contributed by atoms with Crippen LogP contribution in [-0.4, -0.2) is 30.0 Å². The molecule has 6 nitrogen and oxygen atoms in total. The second-order valence-corrected chi connectivity index (χ2v) is 7.55. The number of aromatic amines is 1. The van der Waals surface area contributed by atoms with Crippen molar-refractivity contribution in [3.8, 4) is 22.0 Å². The van der Waals surface area contributed by atoms with Gasteiger partial charge in [0.15, 0.2) is 10.8 Å². The lowest BCUT2D eigenvalue weighted by Gasteiger charge is -1.99. The summed E-state index contributed by atoms with van der Waals surface area (Å²) >= 11 is 1.52. The molecule has 0 bridgehead atoms. The van der Waals surface area contributed by atoms with E-state index in [2.05, 4.69) is 44.7 Å². The zero-order valence-electron chi connectivity index (χ0n) is 15.1. The Hall–Kier alpha value is -3.32. The van der Waals surface area contributed by atoms with E-state index in [0.717, 1.165) is 52.0 Å². The number of benzene rings is 2. The molecule has 0 atom stereocenters. The Morgan fingerprint density at radius 1 is 0.893 bits per heavy atom. The molecule has 7 heteroatoms. The van der Waals surface area contributed by atoms with Gasteiger partial charge in [-0.3, -0.25) is 5.10 Å². The van der Waals surface area contributed by atoms with Crippen LogP contribution in [0, 0.1) is 0 Å². The van der Waals surface area contributed by atoms with E-state index in [9.17, 15) is 0 Å². The van der Waals surface area contributed by atoms with Gasteiger partial charge in [-0.15, -0.1) is 10.2 Å². The molecular formula is C21H18N6S. The van der Waals surface area contributed by atoms with E-state index in [0.29, 0.717) is 0 Å². The van der Waals surface area contributed by atoms with Gasteiger partial charge in [-0.25, -0.2) is 0 Å². The van der Waals surface area contributed by atoms with Crippen LogP contribution < -0.4 is 0 Å². The first-order chi connectivity index (χ1) is 13.9. The van der Waals surface area contributed by atoms with Crippen molar-refractivity contribution in [3.63, 3.8) is 0 Å². The second-order valence-electron chi connectivity index (χ2n) is 6.59. The number of nitrogens with zero attached hydrogens (tertiary/aromatic N) is 5. The van der Waals surface area contributed by atoms with E-state index in [1.165, 1.54) is 16.9 Å². The van der Waals surface area contributed by atoms with Gasteiger partial charge >= 0.3 is 0 Å². The first-order valence-corrected chi connectivity index (χ1v) is 10.0. The topological polar surface area (TPSA) is 71.8 Å². The van der Waals surface area contributed by atoms with Crippen molar-refractivity contribution in [2.45, 2.75) is 19.3 Å². The molecule has 0 aliphatic rings. The molecule has 0 saturated carbocycles. The third-order valence-corrected chi connectivity index (χ3v) is 5.57. The Balaban J connectivity index is 1.34. The summed E-state index contributed by atoms with van der Waals surface area (Å²) in [5, 5.41) is 21.7. The molecule has 0 aliphatic carbocycles. The van der Waals surface area contributed by atoms with E-state index in [-0.39, 0.29) is 0 Å². The fourth-order valence-corrected chi connectivity index (χ4v) is 4.03. The Morgan fingerprint density at radius 3 is 2.50 bits per heavy atom. The maximum Gasteiger partial charge on any atom is 0.235 e. The van der Waals surface area contributed by atoms with Crippen molar-refractivity contribution in [1.82, 2.24) is 30.0 Å². The van der Waals surface area contributed by atoms with Crippen molar-refractivity contribution < 1.29 is 0 Å². The largest absolute Gasteiger partial charge is 0.275 e. The van der Waals surface area contributed by atoms with Gasteiger partial charge in [-0.1, -0.05) is 72.0 Å². The SMILES string of the molecule is c1ccc(CCCc2nnc3sc(-c4cc(-c5ccccc5)n[nH]4)nn23)cc1. The second kappa shape index (κ2) is 7.36. The molecule has 0 amide bonds. The molecule has 0 spiro atoms. The normalized spacial score (nSPS) is 11.3. The van der Waals surface area contributed by atoms with Gasteiger partial charge in [-0.05, 0) is 24.5 Å². The van der Waals surface area contributed by atoms with Crippen molar-refractivity contribution in [1.29, 1.82) is 0 Å². The Morgan fingerprint density at radius 2 is 1.68 bits per heavy atom. The molecule has 2 aromatic carbocycles. The molecule has 5 rings (SSSR count). The lowest BCUT2D eigenvalue weighted by molar-refractivity contribution is 0.736. The fourth-order valence-electron chi connectivity index (χ4n) is 3.21. The van der Waals surface area contributed by atoms with E-state index in [1.807, 2.05) is 47.0 Å². The Bertz CT molecular complexity index is 1190. The molecule has 0 fully saturated rings. The molecule has 3 aromatic heterocycles. The van der Waals surface area contributed by atoms with Crippen LogP contribution in [0.25, 0.3) is 26.9 Å². The van der Waals surface area contributed by atoms with E-state index in [4.69, 9.17) is 5.10 Å². The van der Waals surface area contributed by atoms with Gasteiger partial charge in [0.1, 0.15) is 0 Å². The smallest absolute Gasteiger partial charge is 0.235 e. The molecule has 5 aromatic rings. The van der Waals surface area contributed by atoms with Crippen molar-refractivity contribution >= 4 is 16.3 Å². The quantitative estimate of drug-likeness (QED) is 0.469. The molecule has 0 radical (unpaired) electrons. The maximum atomic E-state index is 4.71. The van der Waals surface area contributed by atoms with Crippen LogP contribution in [0.1, 0.15) is 17.8 Å². The lowest BCUT2D eigenvalue weighted by Crippen LogP contribution is -1.98. The van der Waals surface area contributed by atoms with Crippen LogP contribution in [0.3, 0.4) is 0 Å². The number of aromatic nitrogens is 6. The molecule has 0 unspecified atom stereocenters. The van der Waals surface area contributed by atoms with Crippen LogP contribution in [0.4, 0.5) is 0 Å². The summed E-state index contributed by atoms with van der Waals surface area (Å²) in [6, 6.07) is 22.6. The average molecular weight is 386 g/mol. The number of nitrogens with one attached hydrogen (secondary N) is 1. The van der Waals surface area contributed by atoms with Gasteiger partial charge in [0, 0.05) is 12.0 Å². The lowest BCUT2D eigenvalue weighted by atomic mass is 10.1. The summed E-state index contributed by atoms with van der Waals surface area (Å²) in [6.45, 7) is 0. The molecular weight excluding hydrogens is 368 g/mol. The van der Waals surface area contributed by atoms with Gasteiger partial charge in [0.05, 0.1) is 11.4 Å². The molecule has 28 heavy (non-hydrogen) atoms. The van der Waals surface area contributed by atoms with Gasteiger partial charge in [0.2, 0.25) is 4.96 Å². The minimum atomic E-state index is 0.806. The van der Waals surface area contributed by atoms with Crippen LogP contribution >= 0.6 is 11.3 Å². The molecule has 138 valence electrons. The number of hydrogen-bond donors (Lipinski definition) is 1. The summed E-state index contributed by atoms with van der Waals surface area (Å²) in [6.07, 6.45) is 2.88. The van der Waals surface area contributed by atoms with Crippen LogP contribution in [0.2, 0.25) is 0 Å². The molecule has 3 heterocycles. The van der Waals surface area contributed by atoms with Crippen molar-refractivity contribution in [2.75, 3.05) is 0 Å². The van der Waals surface area contributed by atoms with Gasteiger partial charge in [0.25, 0.3) is 0 Å². The first kappa shape index (κ1) is 16.8. The van der Waals surface area contributed by atoms with E-state index >= 15 is 0 Å². The summed E-state index contributed by atoms with van der Waals surface area (Å²) in [7, 11) is 0. The predicted octanol–water partition coefficient (Wildman–Crippen LogP) is 4.42. The Labute approximate surface area is 165 Å². The van der Waals surface area contributed by atoms with Crippen molar-refractivity contribution in [2.24, 2.45) is 0 Å². The van der Waals surface area contributed by atoms with Gasteiger partial charge < -0.3 is 0 Å². The zero-order chi connectivity index (χ0) is 18.8. The third-order valence-electron chi connectivity index (χ3n) is 4.64. The number of hydrogen-bond acceptors (Lipinski definition) is 5. The highest BCUT2D eigenvalue weighted by molar-refractivity contribution is 7.19.